The van der Waals surface area contributed by atoms with Crippen LogP contribution < -0.4 is 0 Å². The summed E-state index contributed by atoms with van der Waals surface area (Å²) in [6.45, 7) is 2.31. The van der Waals surface area contributed by atoms with Crippen LogP contribution in [0.3, 0.4) is 0 Å². The molecule has 5 N–H and O–H groups in total. The van der Waals surface area contributed by atoms with E-state index in [9.17, 15) is 24.7 Å². The summed E-state index contributed by atoms with van der Waals surface area (Å²) < 4.78 is 24.6. The number of carbonyl (C=O) groups is 1. The van der Waals surface area contributed by atoms with Crippen molar-refractivity contribution in [2.75, 3.05) is 6.61 Å². The number of aliphatic hydroxyl groups is 3. The molecule has 0 radical (unpaired) electrons. The molecular weight excluding hydrogens is 503 g/mol. The predicted octanol–water partition coefficient (Wildman–Crippen LogP) is 4.63. The van der Waals surface area contributed by atoms with Crippen molar-refractivity contribution in [2.45, 2.75) is 89.6 Å². The van der Waals surface area contributed by atoms with Crippen LogP contribution in [0.15, 0.2) is 60.1 Å². The summed E-state index contributed by atoms with van der Waals surface area (Å²) in [5, 5.41) is 29.8. The van der Waals surface area contributed by atoms with E-state index >= 15 is 0 Å². The summed E-state index contributed by atoms with van der Waals surface area (Å²) in [6, 6.07) is 0. The zero-order chi connectivity index (χ0) is 27.5. The van der Waals surface area contributed by atoms with Crippen molar-refractivity contribution in [3.8, 4) is 0 Å². The molecule has 1 unspecified atom stereocenters. The smallest absolute Gasteiger partial charge is 0.505 e. The molecule has 1 heterocycles. The van der Waals surface area contributed by atoms with Gasteiger partial charge in [-0.1, -0.05) is 68.4 Å². The zero-order valence-corrected chi connectivity index (χ0v) is 22.2. The van der Waals surface area contributed by atoms with Crippen LogP contribution in [-0.2, 0) is 23.4 Å². The Morgan fingerprint density at radius 1 is 0.892 bits per heavy atom. The van der Waals surface area contributed by atoms with Gasteiger partial charge in [0.1, 0.15) is 6.10 Å². The summed E-state index contributed by atoms with van der Waals surface area (Å²) >= 11 is 0. The summed E-state index contributed by atoms with van der Waals surface area (Å²) in [5.74, 6) is -3.54. The van der Waals surface area contributed by atoms with Crippen molar-refractivity contribution in [3.05, 3.63) is 60.1 Å². The first kappa shape index (κ1) is 32.8. The van der Waals surface area contributed by atoms with Gasteiger partial charge in [-0.3, -0.25) is 9.79 Å². The van der Waals surface area contributed by atoms with E-state index in [-0.39, 0.29) is 6.61 Å². The number of rotatable bonds is 20. The normalized spacial score (nSPS) is 18.6. The average molecular weight is 545 g/mol. The number of unbranched alkanes of at least 4 members (excludes halogenated alkanes) is 5. The van der Waals surface area contributed by atoms with E-state index in [4.69, 9.17) is 14.5 Å². The number of allylic oxidation sites excluding steroid dienone is 8. The van der Waals surface area contributed by atoms with Gasteiger partial charge in [0.15, 0.2) is 18.2 Å². The highest BCUT2D eigenvalue weighted by molar-refractivity contribution is 7.46. The Kier molecular flexibility index (Phi) is 16.8. The Morgan fingerprint density at radius 2 is 1.41 bits per heavy atom. The van der Waals surface area contributed by atoms with Gasteiger partial charge in [-0.2, -0.15) is 0 Å². The molecule has 0 saturated heterocycles. The van der Waals surface area contributed by atoms with Gasteiger partial charge >= 0.3 is 13.8 Å². The Labute approximate surface area is 218 Å². The maximum Gasteiger partial charge on any atom is 0.525 e. The SMILES string of the molecule is CCCCC/C=C\C/C=C\C/C=C\C/C=C\CCCCOC(O)[C@H](O)[C@H]1OC(=O)C(OP(=O)(O)O)=C1O. The van der Waals surface area contributed by atoms with Gasteiger partial charge in [-0.05, 0) is 51.4 Å². The molecule has 10 nitrogen and oxygen atoms in total. The van der Waals surface area contributed by atoms with Crippen LogP contribution in [0, 0.1) is 0 Å². The van der Waals surface area contributed by atoms with Crippen molar-refractivity contribution in [1.29, 1.82) is 0 Å². The van der Waals surface area contributed by atoms with Crippen LogP contribution >= 0.6 is 7.82 Å². The Balaban J connectivity index is 2.13. The second-order valence-corrected chi connectivity index (χ2v) is 9.62. The molecule has 0 fully saturated rings. The van der Waals surface area contributed by atoms with Crippen molar-refractivity contribution in [3.63, 3.8) is 0 Å². The topological polar surface area (TPSA) is 163 Å². The monoisotopic (exact) mass is 544 g/mol. The molecule has 0 saturated carbocycles. The lowest BCUT2D eigenvalue weighted by Gasteiger charge is -2.22. The number of phosphoric acid groups is 1. The molecule has 0 aliphatic carbocycles. The van der Waals surface area contributed by atoms with Crippen molar-refractivity contribution in [1.82, 2.24) is 0 Å². The van der Waals surface area contributed by atoms with E-state index < -0.39 is 43.8 Å². The minimum Gasteiger partial charge on any atom is -0.505 e. The summed E-state index contributed by atoms with van der Waals surface area (Å²) in [4.78, 5) is 29.1. The average Bonchev–Trinajstić information content (AvgIpc) is 3.11. The molecule has 0 aromatic carbocycles. The number of aliphatic hydroxyl groups excluding tert-OH is 3. The maximum atomic E-state index is 11.6. The number of phosphoric ester groups is 1. The third-order valence-corrected chi connectivity index (χ3v) is 5.67. The van der Waals surface area contributed by atoms with Gasteiger partial charge in [-0.25, -0.2) is 9.36 Å². The Bertz CT molecular complexity index is 855. The lowest BCUT2D eigenvalue weighted by Crippen LogP contribution is -2.40. The summed E-state index contributed by atoms with van der Waals surface area (Å²) in [7, 11) is -5.13. The summed E-state index contributed by atoms with van der Waals surface area (Å²) in [5.41, 5.74) is 0. The lowest BCUT2D eigenvalue weighted by atomic mass is 10.1. The zero-order valence-electron chi connectivity index (χ0n) is 21.4. The van der Waals surface area contributed by atoms with Gasteiger partial charge in [0.25, 0.3) is 5.76 Å². The predicted molar refractivity (Wildman–Crippen MR) is 139 cm³/mol. The van der Waals surface area contributed by atoms with Crippen molar-refractivity contribution >= 4 is 13.8 Å². The minimum atomic E-state index is -5.13. The van der Waals surface area contributed by atoms with Crippen LogP contribution in [0.4, 0.5) is 0 Å². The van der Waals surface area contributed by atoms with Crippen molar-refractivity contribution < 1.29 is 48.5 Å². The van der Waals surface area contributed by atoms with Gasteiger partial charge in [0.2, 0.25) is 0 Å². The fraction of sp³-hybridized carbons (Fsp3) is 0.577. The third kappa shape index (κ3) is 15.0. The van der Waals surface area contributed by atoms with Crippen molar-refractivity contribution in [2.24, 2.45) is 0 Å². The molecule has 1 aliphatic rings. The first-order valence-corrected chi connectivity index (χ1v) is 14.2. The molecule has 0 aromatic rings. The molecule has 37 heavy (non-hydrogen) atoms. The fourth-order valence-corrected chi connectivity index (χ4v) is 3.68. The number of hydrogen-bond acceptors (Lipinski definition) is 8. The molecular formula is C26H41O10P. The highest BCUT2D eigenvalue weighted by atomic mass is 31.2. The lowest BCUT2D eigenvalue weighted by molar-refractivity contribution is -0.193. The number of ether oxygens (including phenoxy) is 2. The first-order chi connectivity index (χ1) is 17.7. The van der Waals surface area contributed by atoms with E-state index in [1.165, 1.54) is 19.3 Å². The van der Waals surface area contributed by atoms with Gasteiger partial charge in [-0.15, -0.1) is 0 Å². The highest BCUT2D eigenvalue weighted by Crippen LogP contribution is 2.42. The molecule has 0 aromatic heterocycles. The number of hydrogen-bond donors (Lipinski definition) is 5. The molecule has 0 spiro atoms. The highest BCUT2D eigenvalue weighted by Gasteiger charge is 2.45. The standard InChI is InChI=1S/C26H41O10P/c1-2-3-4-5-6-7-8-9-10-11-12-13-14-15-16-17-18-19-20-34-25(29)22(28)23-21(27)24(26(30)35-23)36-37(31,32)33/h6-7,9-10,12-13,15-16,22-23,25,27-29H,2-5,8,11,14,17-20H2,1H3,(H2,31,32,33)/b7-6-,10-9-,13-12-,16-15-/t22-,23+,25?/m1/s1. The van der Waals surface area contributed by atoms with E-state index in [0.29, 0.717) is 6.42 Å². The van der Waals surface area contributed by atoms with E-state index in [0.717, 1.165) is 38.5 Å². The van der Waals surface area contributed by atoms with Crippen LogP contribution in [-0.4, -0.2) is 56.2 Å². The molecule has 3 atom stereocenters. The Morgan fingerprint density at radius 3 is 1.92 bits per heavy atom. The minimum absolute atomic E-state index is 0.100. The Hall–Kier alpha value is -2.20. The third-order valence-electron chi connectivity index (χ3n) is 5.25. The maximum absolute atomic E-state index is 11.6. The number of cyclic esters (lactones) is 1. The largest absolute Gasteiger partial charge is 0.525 e. The molecule has 1 aliphatic heterocycles. The molecule has 210 valence electrons. The van der Waals surface area contributed by atoms with E-state index in [2.05, 4.69) is 64.8 Å². The van der Waals surface area contributed by atoms with E-state index in [1.54, 1.807) is 0 Å². The van der Waals surface area contributed by atoms with Crippen LogP contribution in [0.5, 0.6) is 0 Å². The first-order valence-electron chi connectivity index (χ1n) is 12.6. The van der Waals surface area contributed by atoms with Gasteiger partial charge in [0.05, 0.1) is 0 Å². The van der Waals surface area contributed by atoms with Crippen LogP contribution in [0.2, 0.25) is 0 Å². The second-order valence-electron chi connectivity index (χ2n) is 8.46. The molecule has 11 heteroatoms. The summed E-state index contributed by atoms with van der Waals surface area (Å²) in [6.07, 6.45) is 21.6. The number of carbonyl (C=O) groups excluding carboxylic acids is 1. The van der Waals surface area contributed by atoms with E-state index in [1.807, 2.05) is 0 Å². The second kappa shape index (κ2) is 19.0. The van der Waals surface area contributed by atoms with Crippen LogP contribution in [0.1, 0.15) is 71.1 Å². The molecule has 0 amide bonds. The number of esters is 1. The molecule has 0 bridgehead atoms. The van der Waals surface area contributed by atoms with Gasteiger partial charge in [0, 0.05) is 6.61 Å². The van der Waals surface area contributed by atoms with Gasteiger partial charge < -0.3 is 29.3 Å². The van der Waals surface area contributed by atoms with Crippen LogP contribution in [0.25, 0.3) is 0 Å². The fourth-order valence-electron chi connectivity index (χ4n) is 3.27. The quantitative estimate of drug-likeness (QED) is 0.0480. The molecule has 1 rings (SSSR count).